The molecule has 1 saturated heterocycles. The number of amides is 4. The van der Waals surface area contributed by atoms with Gasteiger partial charge in [0, 0.05) is 45.6 Å². The van der Waals surface area contributed by atoms with Crippen molar-refractivity contribution in [3.05, 3.63) is 23.3 Å². The summed E-state index contributed by atoms with van der Waals surface area (Å²) in [5.74, 6) is -2.97. The summed E-state index contributed by atoms with van der Waals surface area (Å²) in [6.45, 7) is 12.7. The standard InChI is InChI=1S/C32H45F3N4O8/c1-9-26(40)36-12-14-38-24-15-22(23(32(33,34)35)16-25(24)47-31(7,8)29(38)43)27(41)39(19(4)5)21-11-10-13-37(17-21)30(44)46-20(6)45-28(42)18(2)3/h15-16,18-21H,9-14,17H2,1-8H3,(H,36,40)/t20?,21-/m1/s1. The molecule has 15 heteroatoms. The molecule has 1 N–H and O–H groups in total. The van der Waals surface area contributed by atoms with Gasteiger partial charge in [0.1, 0.15) is 5.75 Å². The molecule has 0 spiro atoms. The first-order valence-corrected chi connectivity index (χ1v) is 15.8. The van der Waals surface area contributed by atoms with Gasteiger partial charge in [-0.15, -0.1) is 0 Å². The Hall–Kier alpha value is -4.04. The Balaban J connectivity index is 1.97. The third kappa shape index (κ3) is 8.86. The normalized spacial score (nSPS) is 18.3. The lowest BCUT2D eigenvalue weighted by atomic mass is 9.96. The first-order valence-electron chi connectivity index (χ1n) is 15.8. The van der Waals surface area contributed by atoms with Gasteiger partial charge in [-0.2, -0.15) is 13.2 Å². The van der Waals surface area contributed by atoms with Crippen LogP contribution in [0.1, 0.15) is 90.6 Å². The lowest BCUT2D eigenvalue weighted by molar-refractivity contribution is -0.170. The van der Waals surface area contributed by atoms with E-state index in [1.165, 1.54) is 35.5 Å². The van der Waals surface area contributed by atoms with Crippen molar-refractivity contribution in [2.75, 3.05) is 31.1 Å². The maximum atomic E-state index is 14.6. The predicted octanol–water partition coefficient (Wildman–Crippen LogP) is 4.73. The summed E-state index contributed by atoms with van der Waals surface area (Å²) in [6.07, 6.45) is -5.87. The molecule has 2 aliphatic rings. The molecule has 2 heterocycles. The van der Waals surface area contributed by atoms with Crippen LogP contribution in [0.4, 0.5) is 23.7 Å². The Bertz CT molecular complexity index is 1360. The molecule has 2 atom stereocenters. The number of hydrogen-bond acceptors (Lipinski definition) is 8. The van der Waals surface area contributed by atoms with Crippen LogP contribution >= 0.6 is 0 Å². The highest BCUT2D eigenvalue weighted by molar-refractivity contribution is 6.05. The fraction of sp³-hybridized carbons (Fsp3) is 0.656. The fourth-order valence-electron chi connectivity index (χ4n) is 5.53. The molecule has 3 rings (SSSR count). The van der Waals surface area contributed by atoms with E-state index in [1.807, 2.05) is 0 Å². The number of halogens is 3. The minimum absolute atomic E-state index is 0.0274. The van der Waals surface area contributed by atoms with Crippen LogP contribution in [0.3, 0.4) is 0 Å². The molecule has 0 aromatic heterocycles. The van der Waals surface area contributed by atoms with Gasteiger partial charge in [-0.3, -0.25) is 19.2 Å². The summed E-state index contributed by atoms with van der Waals surface area (Å²) in [6, 6.07) is 0.497. The van der Waals surface area contributed by atoms with Gasteiger partial charge in [-0.05, 0) is 52.7 Å². The van der Waals surface area contributed by atoms with E-state index in [-0.39, 0.29) is 49.9 Å². The number of carbonyl (C=O) groups is 5. The first-order chi connectivity index (χ1) is 21.8. The second kappa shape index (κ2) is 14.8. The van der Waals surface area contributed by atoms with E-state index in [2.05, 4.69) is 5.32 Å². The first kappa shape index (κ1) is 37.4. The summed E-state index contributed by atoms with van der Waals surface area (Å²) in [4.78, 5) is 68.0. The van der Waals surface area contributed by atoms with Crippen molar-refractivity contribution in [2.45, 2.75) is 105 Å². The summed E-state index contributed by atoms with van der Waals surface area (Å²) in [5.41, 5.74) is -3.45. The maximum absolute atomic E-state index is 14.6. The van der Waals surface area contributed by atoms with Gasteiger partial charge in [0.25, 0.3) is 11.8 Å². The van der Waals surface area contributed by atoms with Crippen LogP contribution < -0.4 is 15.0 Å². The number of hydrogen-bond donors (Lipinski definition) is 1. The number of fused-ring (bicyclic) bond motifs is 1. The molecule has 47 heavy (non-hydrogen) atoms. The van der Waals surface area contributed by atoms with Crippen molar-refractivity contribution in [3.63, 3.8) is 0 Å². The topological polar surface area (TPSA) is 135 Å². The SMILES string of the molecule is CCC(=O)NCCN1C(=O)C(C)(C)Oc2cc(C(F)(F)F)c(C(=O)N(C(C)C)[C@@H]3CCCN(C(=O)OC(C)OC(=O)C(C)C)C3)cc21. The number of piperidine rings is 1. The van der Waals surface area contributed by atoms with E-state index in [0.29, 0.717) is 12.8 Å². The van der Waals surface area contributed by atoms with E-state index in [1.54, 1.807) is 34.6 Å². The summed E-state index contributed by atoms with van der Waals surface area (Å²) < 4.78 is 59.8. The number of likely N-dealkylation sites (tertiary alicyclic amines) is 1. The number of alkyl halides is 3. The van der Waals surface area contributed by atoms with Crippen LogP contribution in [0.15, 0.2) is 12.1 Å². The molecular formula is C32H45F3N4O8. The minimum Gasteiger partial charge on any atom is -0.476 e. The molecule has 2 aliphatic heterocycles. The summed E-state index contributed by atoms with van der Waals surface area (Å²) in [5, 5.41) is 2.65. The number of rotatable bonds is 10. The van der Waals surface area contributed by atoms with Gasteiger partial charge < -0.3 is 34.2 Å². The monoisotopic (exact) mass is 670 g/mol. The van der Waals surface area contributed by atoms with Crippen LogP contribution in [0.2, 0.25) is 0 Å². The quantitative estimate of drug-likeness (QED) is 0.279. The van der Waals surface area contributed by atoms with Gasteiger partial charge in [-0.25, -0.2) is 4.79 Å². The van der Waals surface area contributed by atoms with Crippen LogP contribution in [0.25, 0.3) is 0 Å². The number of anilines is 1. The van der Waals surface area contributed by atoms with Gasteiger partial charge in [0.15, 0.2) is 5.60 Å². The lowest BCUT2D eigenvalue weighted by Crippen LogP contribution is -2.55. The Kier molecular flexibility index (Phi) is 11.8. The molecule has 0 aliphatic carbocycles. The van der Waals surface area contributed by atoms with Gasteiger partial charge in [0.05, 0.1) is 28.8 Å². The molecule has 1 fully saturated rings. The van der Waals surface area contributed by atoms with E-state index < -0.39 is 71.1 Å². The number of nitrogens with zero attached hydrogens (tertiary/aromatic N) is 3. The summed E-state index contributed by atoms with van der Waals surface area (Å²) in [7, 11) is 0. The Labute approximate surface area is 272 Å². The maximum Gasteiger partial charge on any atom is 0.417 e. The molecular weight excluding hydrogens is 625 g/mol. The van der Waals surface area contributed by atoms with Crippen LogP contribution in [-0.2, 0) is 30.0 Å². The van der Waals surface area contributed by atoms with Crippen LogP contribution in [0, 0.1) is 5.92 Å². The van der Waals surface area contributed by atoms with Gasteiger partial charge in [0.2, 0.25) is 12.2 Å². The second-order valence-electron chi connectivity index (χ2n) is 12.7. The minimum atomic E-state index is -4.95. The third-order valence-electron chi connectivity index (χ3n) is 7.89. The summed E-state index contributed by atoms with van der Waals surface area (Å²) >= 11 is 0. The van der Waals surface area contributed by atoms with Crippen molar-refractivity contribution in [2.24, 2.45) is 5.92 Å². The zero-order valence-corrected chi connectivity index (χ0v) is 28.2. The van der Waals surface area contributed by atoms with E-state index in [4.69, 9.17) is 14.2 Å². The Morgan fingerprint density at radius 1 is 1.11 bits per heavy atom. The van der Waals surface area contributed by atoms with E-state index >= 15 is 0 Å². The largest absolute Gasteiger partial charge is 0.476 e. The molecule has 262 valence electrons. The molecule has 12 nitrogen and oxygen atoms in total. The van der Waals surface area contributed by atoms with Gasteiger partial charge in [-0.1, -0.05) is 20.8 Å². The highest BCUT2D eigenvalue weighted by Crippen LogP contribution is 2.44. The average Bonchev–Trinajstić information content (AvgIpc) is 2.97. The number of esters is 1. The number of benzene rings is 1. The van der Waals surface area contributed by atoms with Crippen molar-refractivity contribution in [3.8, 4) is 5.75 Å². The van der Waals surface area contributed by atoms with Crippen molar-refractivity contribution in [1.82, 2.24) is 15.1 Å². The zero-order valence-electron chi connectivity index (χ0n) is 28.2. The average molecular weight is 671 g/mol. The van der Waals surface area contributed by atoms with Crippen LogP contribution in [-0.4, -0.2) is 89.7 Å². The smallest absolute Gasteiger partial charge is 0.417 e. The Morgan fingerprint density at radius 3 is 2.34 bits per heavy atom. The molecule has 1 unspecified atom stereocenters. The number of carbonyl (C=O) groups excluding carboxylic acids is 5. The predicted molar refractivity (Wildman–Crippen MR) is 165 cm³/mol. The highest BCUT2D eigenvalue weighted by atomic mass is 19.4. The number of nitrogens with one attached hydrogen (secondary N) is 1. The van der Waals surface area contributed by atoms with Gasteiger partial charge >= 0.3 is 18.2 Å². The second-order valence-corrected chi connectivity index (χ2v) is 12.7. The van der Waals surface area contributed by atoms with Crippen molar-refractivity contribution in [1.29, 1.82) is 0 Å². The zero-order chi connectivity index (χ0) is 35.4. The number of ether oxygens (including phenoxy) is 3. The molecule has 0 bridgehead atoms. The van der Waals surface area contributed by atoms with E-state index in [9.17, 15) is 37.1 Å². The lowest BCUT2D eigenvalue weighted by Gasteiger charge is -2.42. The fourth-order valence-corrected chi connectivity index (χ4v) is 5.53. The third-order valence-corrected chi connectivity index (χ3v) is 7.89. The molecule has 1 aromatic carbocycles. The molecule has 1 aromatic rings. The Morgan fingerprint density at radius 2 is 1.77 bits per heavy atom. The highest BCUT2D eigenvalue weighted by Gasteiger charge is 2.45. The van der Waals surface area contributed by atoms with E-state index in [0.717, 1.165) is 12.1 Å². The molecule has 0 radical (unpaired) electrons. The molecule has 4 amide bonds. The van der Waals surface area contributed by atoms with Crippen molar-refractivity contribution >= 4 is 35.5 Å². The van der Waals surface area contributed by atoms with Crippen molar-refractivity contribution < 1.29 is 51.4 Å². The van der Waals surface area contributed by atoms with Crippen LogP contribution in [0.5, 0.6) is 5.75 Å². The molecule has 0 saturated carbocycles.